The zero-order valence-corrected chi connectivity index (χ0v) is 11.0. The van der Waals surface area contributed by atoms with Gasteiger partial charge in [0.15, 0.2) is 0 Å². The summed E-state index contributed by atoms with van der Waals surface area (Å²) in [6.07, 6.45) is 3.10. The molecule has 3 atom stereocenters. The lowest BCUT2D eigenvalue weighted by molar-refractivity contribution is 0.0954. The average Bonchev–Trinajstić information content (AvgIpc) is 2.86. The molecule has 0 radical (unpaired) electrons. The van der Waals surface area contributed by atoms with Crippen LogP contribution in [0.15, 0.2) is 36.5 Å². The standard InChI is InChI=1S/C15H19N3O/c1-10-13(6-8-19-10)15(18-16)12-4-5-14-11(9-12)3-2-7-17-14/h2-5,7,9-10,13,15,18H,6,8,16H2,1H3. The zero-order valence-electron chi connectivity index (χ0n) is 11.0. The van der Waals surface area contributed by atoms with Gasteiger partial charge in [-0.3, -0.25) is 16.3 Å². The summed E-state index contributed by atoms with van der Waals surface area (Å²) in [5, 5.41) is 1.15. The molecule has 1 aromatic heterocycles. The Bertz CT molecular complexity index is 572. The van der Waals surface area contributed by atoms with Crippen LogP contribution in [0.4, 0.5) is 0 Å². The van der Waals surface area contributed by atoms with E-state index in [1.807, 2.05) is 12.3 Å². The maximum atomic E-state index is 5.77. The van der Waals surface area contributed by atoms with E-state index in [0.29, 0.717) is 5.92 Å². The highest BCUT2D eigenvalue weighted by Crippen LogP contribution is 2.33. The molecule has 3 unspecified atom stereocenters. The lowest BCUT2D eigenvalue weighted by Gasteiger charge is -2.25. The smallest absolute Gasteiger partial charge is 0.0702 e. The van der Waals surface area contributed by atoms with Crippen LogP contribution in [0.2, 0.25) is 0 Å². The molecular formula is C15H19N3O. The number of aromatic nitrogens is 1. The van der Waals surface area contributed by atoms with Gasteiger partial charge >= 0.3 is 0 Å². The van der Waals surface area contributed by atoms with Crippen molar-refractivity contribution < 1.29 is 4.74 Å². The fraction of sp³-hybridized carbons (Fsp3) is 0.400. The van der Waals surface area contributed by atoms with Gasteiger partial charge in [0.05, 0.1) is 17.7 Å². The van der Waals surface area contributed by atoms with Crippen LogP contribution in [0.5, 0.6) is 0 Å². The third-order valence-electron chi connectivity index (χ3n) is 4.03. The van der Waals surface area contributed by atoms with Crippen LogP contribution in [-0.2, 0) is 4.74 Å². The highest BCUT2D eigenvalue weighted by Gasteiger charge is 2.32. The van der Waals surface area contributed by atoms with Gasteiger partial charge in [-0.15, -0.1) is 0 Å². The summed E-state index contributed by atoms with van der Waals surface area (Å²) in [5.74, 6) is 6.19. The van der Waals surface area contributed by atoms with E-state index < -0.39 is 0 Å². The van der Waals surface area contributed by atoms with Crippen molar-refractivity contribution in [2.75, 3.05) is 6.61 Å². The third kappa shape index (κ3) is 2.34. The Morgan fingerprint density at radius 3 is 3.05 bits per heavy atom. The van der Waals surface area contributed by atoms with Gasteiger partial charge in [-0.2, -0.15) is 0 Å². The van der Waals surface area contributed by atoms with E-state index in [2.05, 4.69) is 41.6 Å². The van der Waals surface area contributed by atoms with Crippen LogP contribution in [0, 0.1) is 5.92 Å². The normalized spacial score (nSPS) is 24.7. The maximum Gasteiger partial charge on any atom is 0.0702 e. The summed E-state index contributed by atoms with van der Waals surface area (Å²) < 4.78 is 5.65. The Labute approximate surface area is 112 Å². The number of benzene rings is 1. The Balaban J connectivity index is 1.96. The van der Waals surface area contributed by atoms with E-state index in [-0.39, 0.29) is 12.1 Å². The maximum absolute atomic E-state index is 5.77. The molecule has 1 aliphatic heterocycles. The highest BCUT2D eigenvalue weighted by molar-refractivity contribution is 5.79. The number of hydrogen-bond acceptors (Lipinski definition) is 4. The van der Waals surface area contributed by atoms with Crippen LogP contribution >= 0.6 is 0 Å². The summed E-state index contributed by atoms with van der Waals surface area (Å²) in [4.78, 5) is 4.34. The topological polar surface area (TPSA) is 60.2 Å². The fourth-order valence-electron chi connectivity index (χ4n) is 2.94. The molecular weight excluding hydrogens is 238 g/mol. The van der Waals surface area contributed by atoms with Crippen molar-refractivity contribution in [3.63, 3.8) is 0 Å². The number of nitrogens with zero attached hydrogens (tertiary/aromatic N) is 1. The van der Waals surface area contributed by atoms with Crippen molar-refractivity contribution in [3.8, 4) is 0 Å². The van der Waals surface area contributed by atoms with Crippen LogP contribution in [0.3, 0.4) is 0 Å². The van der Waals surface area contributed by atoms with Gasteiger partial charge in [0, 0.05) is 24.1 Å². The highest BCUT2D eigenvalue weighted by atomic mass is 16.5. The molecule has 0 aliphatic carbocycles. The summed E-state index contributed by atoms with van der Waals surface area (Å²) in [6, 6.07) is 10.5. The van der Waals surface area contributed by atoms with Crippen LogP contribution in [0.1, 0.15) is 24.9 Å². The molecule has 2 aromatic rings. The molecule has 4 heteroatoms. The predicted octanol–water partition coefficient (Wildman–Crippen LogP) is 2.16. The average molecular weight is 257 g/mol. The van der Waals surface area contributed by atoms with E-state index in [0.717, 1.165) is 23.9 Å². The van der Waals surface area contributed by atoms with Gasteiger partial charge in [0.2, 0.25) is 0 Å². The number of hydrogen-bond donors (Lipinski definition) is 2. The molecule has 4 nitrogen and oxygen atoms in total. The molecule has 0 spiro atoms. The van der Waals surface area contributed by atoms with Gasteiger partial charge < -0.3 is 4.74 Å². The Kier molecular flexibility index (Phi) is 3.46. The number of ether oxygens (including phenoxy) is 1. The summed E-state index contributed by atoms with van der Waals surface area (Å²) in [6.45, 7) is 2.93. The van der Waals surface area contributed by atoms with E-state index in [4.69, 9.17) is 10.6 Å². The zero-order chi connectivity index (χ0) is 13.2. The Hall–Kier alpha value is -1.49. The quantitative estimate of drug-likeness (QED) is 0.653. The first-order valence-electron chi connectivity index (χ1n) is 6.72. The van der Waals surface area contributed by atoms with Crippen molar-refractivity contribution in [1.29, 1.82) is 0 Å². The molecule has 3 rings (SSSR count). The largest absolute Gasteiger partial charge is 0.378 e. The number of hydrazine groups is 1. The van der Waals surface area contributed by atoms with Crippen molar-refractivity contribution in [1.82, 2.24) is 10.4 Å². The molecule has 0 saturated carbocycles. The number of nitrogens with two attached hydrogens (primary N) is 1. The molecule has 0 amide bonds. The van der Waals surface area contributed by atoms with E-state index in [9.17, 15) is 0 Å². The number of pyridine rings is 1. The fourth-order valence-corrected chi connectivity index (χ4v) is 2.94. The first-order chi connectivity index (χ1) is 9.29. The summed E-state index contributed by atoms with van der Waals surface area (Å²) >= 11 is 0. The predicted molar refractivity (Wildman–Crippen MR) is 75.3 cm³/mol. The molecule has 1 saturated heterocycles. The monoisotopic (exact) mass is 257 g/mol. The first kappa shape index (κ1) is 12.5. The van der Waals surface area contributed by atoms with Crippen molar-refractivity contribution in [2.24, 2.45) is 11.8 Å². The van der Waals surface area contributed by atoms with Crippen molar-refractivity contribution in [2.45, 2.75) is 25.5 Å². The Morgan fingerprint density at radius 2 is 2.32 bits per heavy atom. The van der Waals surface area contributed by atoms with Gasteiger partial charge in [-0.1, -0.05) is 12.1 Å². The Morgan fingerprint density at radius 1 is 1.42 bits per heavy atom. The molecule has 19 heavy (non-hydrogen) atoms. The minimum Gasteiger partial charge on any atom is -0.378 e. The van der Waals surface area contributed by atoms with E-state index in [1.165, 1.54) is 5.56 Å². The van der Waals surface area contributed by atoms with Crippen LogP contribution in [-0.4, -0.2) is 17.7 Å². The minimum absolute atomic E-state index is 0.127. The molecule has 1 aromatic carbocycles. The van der Waals surface area contributed by atoms with E-state index >= 15 is 0 Å². The first-order valence-corrected chi connectivity index (χ1v) is 6.72. The lowest BCUT2D eigenvalue weighted by Crippen LogP contribution is -2.36. The number of nitrogens with one attached hydrogen (secondary N) is 1. The molecule has 2 heterocycles. The molecule has 0 bridgehead atoms. The van der Waals surface area contributed by atoms with E-state index in [1.54, 1.807) is 0 Å². The van der Waals surface area contributed by atoms with Crippen LogP contribution in [0.25, 0.3) is 10.9 Å². The van der Waals surface area contributed by atoms with Gasteiger partial charge in [-0.25, -0.2) is 0 Å². The van der Waals surface area contributed by atoms with Gasteiger partial charge in [0.1, 0.15) is 0 Å². The molecule has 1 aliphatic rings. The van der Waals surface area contributed by atoms with Gasteiger partial charge in [0.25, 0.3) is 0 Å². The lowest BCUT2D eigenvalue weighted by atomic mass is 9.88. The summed E-state index contributed by atoms with van der Waals surface area (Å²) in [7, 11) is 0. The summed E-state index contributed by atoms with van der Waals surface area (Å²) in [5.41, 5.74) is 5.17. The SMILES string of the molecule is CC1OCCC1C(NN)c1ccc2ncccc2c1. The second-order valence-electron chi connectivity index (χ2n) is 5.13. The van der Waals surface area contributed by atoms with Crippen LogP contribution < -0.4 is 11.3 Å². The number of fused-ring (bicyclic) bond motifs is 1. The second kappa shape index (κ2) is 5.25. The van der Waals surface area contributed by atoms with Crippen molar-refractivity contribution in [3.05, 3.63) is 42.1 Å². The molecule has 100 valence electrons. The van der Waals surface area contributed by atoms with Crippen molar-refractivity contribution >= 4 is 10.9 Å². The second-order valence-corrected chi connectivity index (χ2v) is 5.13. The molecule has 1 fully saturated rings. The van der Waals surface area contributed by atoms with Gasteiger partial charge in [-0.05, 0) is 37.1 Å². The molecule has 3 N–H and O–H groups in total. The minimum atomic E-state index is 0.127. The third-order valence-corrected chi connectivity index (χ3v) is 4.03. The number of rotatable bonds is 3.